The Hall–Kier alpha value is -1.85. The van der Waals surface area contributed by atoms with Gasteiger partial charge < -0.3 is 0 Å². The molecule has 0 radical (unpaired) electrons. The molecule has 0 bridgehead atoms. The maximum Gasteiger partial charge on any atom is 0.165 e. The van der Waals surface area contributed by atoms with Crippen molar-refractivity contribution in [1.29, 1.82) is 0 Å². The number of terminal acetylenes is 1. The topological polar surface area (TPSA) is 46.8 Å². The third kappa shape index (κ3) is 4.26. The minimum Gasteiger partial charge on any atom is -0.274 e. The number of hydrogen-bond donors (Lipinski definition) is 0. The Bertz CT molecular complexity index is 432. The lowest BCUT2D eigenvalue weighted by Crippen LogP contribution is -2.26. The summed E-state index contributed by atoms with van der Waals surface area (Å²) >= 11 is 0. The van der Waals surface area contributed by atoms with Crippen LogP contribution in [0.4, 0.5) is 0 Å². The fourth-order valence-electron chi connectivity index (χ4n) is 1.41. The molecule has 1 heterocycles. The molecule has 5 heteroatoms. The summed E-state index contributed by atoms with van der Waals surface area (Å²) in [5.41, 5.74) is 0. The molecule has 1 aromatic heterocycles. The maximum atomic E-state index is 5.33. The van der Waals surface area contributed by atoms with Crippen LogP contribution in [0.25, 0.3) is 0 Å². The number of tetrazole rings is 1. The zero-order valence-corrected chi connectivity index (χ0v) is 10.3. The highest BCUT2D eigenvalue weighted by Gasteiger charge is 2.10. The maximum absolute atomic E-state index is 5.33. The van der Waals surface area contributed by atoms with Gasteiger partial charge in [-0.2, -0.15) is 0 Å². The van der Waals surface area contributed by atoms with E-state index in [9.17, 15) is 0 Å². The summed E-state index contributed by atoms with van der Waals surface area (Å²) in [5, 5.41) is 11.6. The molecule has 5 nitrogen and oxygen atoms in total. The van der Waals surface area contributed by atoms with Crippen LogP contribution in [0.3, 0.4) is 0 Å². The van der Waals surface area contributed by atoms with E-state index in [-0.39, 0.29) is 0 Å². The number of nitrogens with zero attached hydrogens (tertiary/aromatic N) is 5. The third-order valence-electron chi connectivity index (χ3n) is 2.20. The summed E-state index contributed by atoms with van der Waals surface area (Å²) < 4.78 is 1.81. The molecule has 0 unspecified atom stereocenters. The summed E-state index contributed by atoms with van der Waals surface area (Å²) in [7, 11) is 0. The van der Waals surface area contributed by atoms with Crippen LogP contribution >= 0.6 is 0 Å². The Morgan fingerprint density at radius 2 is 2.24 bits per heavy atom. The number of rotatable bonds is 6. The summed E-state index contributed by atoms with van der Waals surface area (Å²) in [6.07, 6.45) is 6.33. The minimum absolute atomic E-state index is 0.549. The first-order valence-electron chi connectivity index (χ1n) is 5.62. The quantitative estimate of drug-likeness (QED) is 0.670. The molecule has 1 rings (SSSR count). The second-order valence-electron chi connectivity index (χ2n) is 3.59. The lowest BCUT2D eigenvalue weighted by Gasteiger charge is -2.15. The van der Waals surface area contributed by atoms with Gasteiger partial charge in [-0.25, -0.2) is 4.68 Å². The highest BCUT2D eigenvalue weighted by molar-refractivity contribution is 5.01. The largest absolute Gasteiger partial charge is 0.274 e. The van der Waals surface area contributed by atoms with Crippen LogP contribution in [0, 0.1) is 24.2 Å². The van der Waals surface area contributed by atoms with Gasteiger partial charge in [-0.3, -0.25) is 4.90 Å². The minimum atomic E-state index is 0.549. The van der Waals surface area contributed by atoms with Crippen molar-refractivity contribution in [3.05, 3.63) is 5.82 Å². The van der Waals surface area contributed by atoms with Crippen LogP contribution in [0.1, 0.15) is 26.1 Å². The molecule has 0 amide bonds. The van der Waals surface area contributed by atoms with Crippen molar-refractivity contribution in [1.82, 2.24) is 25.1 Å². The van der Waals surface area contributed by atoms with Gasteiger partial charge in [-0.15, -0.1) is 17.4 Å². The number of aryl methyl sites for hydroxylation is 1. The van der Waals surface area contributed by atoms with Crippen molar-refractivity contribution in [2.24, 2.45) is 0 Å². The summed E-state index contributed by atoms with van der Waals surface area (Å²) in [5.74, 6) is 9.31. The van der Waals surface area contributed by atoms with E-state index in [1.54, 1.807) is 0 Å². The van der Waals surface area contributed by atoms with Crippen LogP contribution in [-0.4, -0.2) is 38.2 Å². The monoisotopic (exact) mass is 231 g/mol. The lowest BCUT2D eigenvalue weighted by molar-refractivity contribution is 0.318. The van der Waals surface area contributed by atoms with Crippen molar-refractivity contribution in [2.75, 3.05) is 13.1 Å². The van der Waals surface area contributed by atoms with Crippen molar-refractivity contribution in [3.8, 4) is 24.2 Å². The van der Waals surface area contributed by atoms with Crippen LogP contribution < -0.4 is 0 Å². The van der Waals surface area contributed by atoms with Crippen molar-refractivity contribution < 1.29 is 0 Å². The lowest BCUT2D eigenvalue weighted by atomic mass is 10.4. The summed E-state index contributed by atoms with van der Waals surface area (Å²) in [6.45, 7) is 6.55. The van der Waals surface area contributed by atoms with E-state index in [4.69, 9.17) is 6.42 Å². The number of aromatic nitrogens is 4. The van der Waals surface area contributed by atoms with E-state index in [2.05, 4.69) is 40.2 Å². The standard InChI is InChI=1S/C12H17N5/c1-4-7-10-16(8-5-2)11-12-13-14-15-17(12)9-6-3/h2H,6,8-11H2,1,3H3. The van der Waals surface area contributed by atoms with E-state index in [1.165, 1.54) is 0 Å². The van der Waals surface area contributed by atoms with Gasteiger partial charge in [0.05, 0.1) is 19.6 Å². The van der Waals surface area contributed by atoms with E-state index < -0.39 is 0 Å². The Balaban J connectivity index is 2.66. The smallest absolute Gasteiger partial charge is 0.165 e. The van der Waals surface area contributed by atoms with Crippen LogP contribution in [-0.2, 0) is 13.1 Å². The van der Waals surface area contributed by atoms with Gasteiger partial charge in [0.2, 0.25) is 0 Å². The summed E-state index contributed by atoms with van der Waals surface area (Å²) in [6, 6.07) is 0. The van der Waals surface area contributed by atoms with Gasteiger partial charge in [-0.1, -0.05) is 18.8 Å². The molecular formula is C12H17N5. The van der Waals surface area contributed by atoms with Crippen molar-refractivity contribution in [3.63, 3.8) is 0 Å². The Labute approximate surface area is 102 Å². The predicted octanol–water partition coefficient (Wildman–Crippen LogP) is 0.542. The molecule has 0 saturated heterocycles. The molecule has 0 aliphatic heterocycles. The number of hydrogen-bond acceptors (Lipinski definition) is 4. The molecule has 0 spiro atoms. The first-order chi connectivity index (χ1) is 8.31. The van der Waals surface area contributed by atoms with E-state index in [0.717, 1.165) is 18.8 Å². The average Bonchev–Trinajstić information content (AvgIpc) is 2.74. The highest BCUT2D eigenvalue weighted by Crippen LogP contribution is 2.00. The van der Waals surface area contributed by atoms with Gasteiger partial charge in [-0.05, 0) is 23.8 Å². The van der Waals surface area contributed by atoms with Crippen LogP contribution in [0.15, 0.2) is 0 Å². The Morgan fingerprint density at radius 1 is 1.41 bits per heavy atom. The SMILES string of the molecule is C#CCN(CC#CC)Cc1nnnn1CCC. The second kappa shape index (κ2) is 7.43. The molecule has 90 valence electrons. The van der Waals surface area contributed by atoms with E-state index in [1.807, 2.05) is 16.5 Å². The van der Waals surface area contributed by atoms with Crippen LogP contribution in [0.5, 0.6) is 0 Å². The molecule has 0 aromatic carbocycles. The van der Waals surface area contributed by atoms with Crippen molar-refractivity contribution in [2.45, 2.75) is 33.4 Å². The van der Waals surface area contributed by atoms with Gasteiger partial charge in [0.1, 0.15) is 0 Å². The first kappa shape index (κ1) is 13.2. The van der Waals surface area contributed by atoms with Crippen molar-refractivity contribution >= 4 is 0 Å². The molecule has 0 atom stereocenters. The Kier molecular flexibility index (Phi) is 5.77. The van der Waals surface area contributed by atoms with Gasteiger partial charge in [0, 0.05) is 6.54 Å². The average molecular weight is 231 g/mol. The molecule has 0 saturated carbocycles. The molecule has 0 aliphatic rings. The fourth-order valence-corrected chi connectivity index (χ4v) is 1.41. The molecule has 17 heavy (non-hydrogen) atoms. The molecule has 0 fully saturated rings. The molecule has 0 N–H and O–H groups in total. The molecule has 0 aliphatic carbocycles. The van der Waals surface area contributed by atoms with E-state index >= 15 is 0 Å². The third-order valence-corrected chi connectivity index (χ3v) is 2.20. The fraction of sp³-hybridized carbons (Fsp3) is 0.583. The second-order valence-corrected chi connectivity index (χ2v) is 3.59. The normalized spacial score (nSPS) is 9.76. The zero-order chi connectivity index (χ0) is 12.5. The molecular weight excluding hydrogens is 214 g/mol. The molecule has 1 aromatic rings. The predicted molar refractivity (Wildman–Crippen MR) is 65.7 cm³/mol. The zero-order valence-electron chi connectivity index (χ0n) is 10.3. The van der Waals surface area contributed by atoms with E-state index in [0.29, 0.717) is 19.6 Å². The van der Waals surface area contributed by atoms with Gasteiger partial charge >= 0.3 is 0 Å². The van der Waals surface area contributed by atoms with Gasteiger partial charge in [0.15, 0.2) is 5.82 Å². The Morgan fingerprint density at radius 3 is 2.88 bits per heavy atom. The van der Waals surface area contributed by atoms with Gasteiger partial charge in [0.25, 0.3) is 0 Å². The van der Waals surface area contributed by atoms with Crippen LogP contribution in [0.2, 0.25) is 0 Å². The first-order valence-corrected chi connectivity index (χ1v) is 5.62. The summed E-state index contributed by atoms with van der Waals surface area (Å²) in [4.78, 5) is 2.04. The highest BCUT2D eigenvalue weighted by atomic mass is 15.5.